The fourth-order valence-electron chi connectivity index (χ4n) is 2.29. The molecule has 0 radical (unpaired) electrons. The Kier molecular flexibility index (Phi) is 9.62. The molecule has 0 aliphatic carbocycles. The molecule has 3 heterocycles. The molecule has 3 fully saturated rings. The second-order valence-electron chi connectivity index (χ2n) is 6.06. The van der Waals surface area contributed by atoms with Gasteiger partial charge in [0.15, 0.2) is 0 Å². The van der Waals surface area contributed by atoms with Crippen molar-refractivity contribution in [2.75, 3.05) is 34.5 Å². The second-order valence-corrected chi connectivity index (χ2v) is 13.4. The predicted molar refractivity (Wildman–Crippen MR) is 120 cm³/mol. The largest absolute Gasteiger partial charge is 0.346 e. The summed E-state index contributed by atoms with van der Waals surface area (Å²) in [5.41, 5.74) is 1.92. The minimum atomic E-state index is 0.477. The third-order valence-corrected chi connectivity index (χ3v) is 12.9. The normalized spacial score (nSPS) is 38.2. The zero-order chi connectivity index (χ0) is 16.8. The molecule has 3 saturated heterocycles. The molecule has 0 aromatic rings. The highest BCUT2D eigenvalue weighted by Crippen LogP contribution is 2.44. The van der Waals surface area contributed by atoms with Gasteiger partial charge in [0.25, 0.3) is 0 Å². The first-order chi connectivity index (χ1) is 11.8. The van der Waals surface area contributed by atoms with E-state index < -0.39 is 0 Å². The summed E-state index contributed by atoms with van der Waals surface area (Å²) in [6.45, 7) is 4.48. The smallest absolute Gasteiger partial charge is 0.140 e. The highest BCUT2D eigenvalue weighted by molar-refractivity contribution is 8.09. The van der Waals surface area contributed by atoms with Crippen LogP contribution in [0, 0.1) is 0 Å². The SMILES string of the molecule is CCCSC1OC1SCC1CSC(CSC2OC2SCCC)CS1. The predicted octanol–water partition coefficient (Wildman–Crippen LogP) is 5.32. The average Bonchev–Trinajstić information content (AvgIpc) is 3.52. The van der Waals surface area contributed by atoms with Crippen LogP contribution in [-0.2, 0) is 9.47 Å². The van der Waals surface area contributed by atoms with E-state index in [0.29, 0.717) is 21.7 Å². The van der Waals surface area contributed by atoms with Gasteiger partial charge < -0.3 is 9.47 Å². The first kappa shape index (κ1) is 20.7. The van der Waals surface area contributed by atoms with E-state index in [0.717, 1.165) is 10.5 Å². The van der Waals surface area contributed by atoms with E-state index in [2.05, 4.69) is 37.4 Å². The third-order valence-electron chi connectivity index (χ3n) is 3.73. The summed E-state index contributed by atoms with van der Waals surface area (Å²) in [4.78, 5) is 0. The summed E-state index contributed by atoms with van der Waals surface area (Å²) >= 11 is 12.4. The van der Waals surface area contributed by atoms with Crippen molar-refractivity contribution in [1.82, 2.24) is 0 Å². The van der Waals surface area contributed by atoms with Gasteiger partial charge in [0, 0.05) is 33.5 Å². The Hall–Kier alpha value is 2.02. The van der Waals surface area contributed by atoms with Gasteiger partial charge in [-0.15, -0.1) is 47.0 Å². The van der Waals surface area contributed by atoms with Gasteiger partial charge in [0.1, 0.15) is 21.7 Å². The Morgan fingerprint density at radius 1 is 0.708 bits per heavy atom. The van der Waals surface area contributed by atoms with Crippen LogP contribution in [0.25, 0.3) is 0 Å². The van der Waals surface area contributed by atoms with Gasteiger partial charge in [-0.05, 0) is 24.3 Å². The van der Waals surface area contributed by atoms with E-state index in [1.165, 1.54) is 47.4 Å². The number of thioether (sulfide) groups is 6. The van der Waals surface area contributed by atoms with Gasteiger partial charge in [0.2, 0.25) is 0 Å². The summed E-state index contributed by atoms with van der Waals surface area (Å²) in [6.07, 6.45) is 2.50. The molecular formula is C16H28O2S6. The molecule has 3 aliphatic heterocycles. The van der Waals surface area contributed by atoms with Crippen molar-refractivity contribution >= 4 is 70.6 Å². The van der Waals surface area contributed by atoms with Crippen molar-refractivity contribution in [2.24, 2.45) is 0 Å². The first-order valence-electron chi connectivity index (χ1n) is 8.80. The number of rotatable bonds is 12. The standard InChI is InChI=1S/C16H28O2S6/c1-3-5-19-13-15(17-13)23-9-11-7-22-12(8-21-11)10-24-16-14(18-16)20-6-4-2/h11-16H,3-10H2,1-2H3. The van der Waals surface area contributed by atoms with Crippen molar-refractivity contribution < 1.29 is 9.47 Å². The molecule has 140 valence electrons. The molecule has 24 heavy (non-hydrogen) atoms. The summed E-state index contributed by atoms with van der Waals surface area (Å²) in [6, 6.07) is 0. The second kappa shape index (κ2) is 11.1. The summed E-state index contributed by atoms with van der Waals surface area (Å²) in [5.74, 6) is 7.60. The first-order valence-corrected chi connectivity index (χ1v) is 15.1. The Morgan fingerprint density at radius 2 is 1.12 bits per heavy atom. The monoisotopic (exact) mass is 444 g/mol. The fraction of sp³-hybridized carbons (Fsp3) is 1.00. The Morgan fingerprint density at radius 3 is 1.50 bits per heavy atom. The lowest BCUT2D eigenvalue weighted by molar-refractivity contribution is 0.446. The number of hydrogen-bond acceptors (Lipinski definition) is 8. The summed E-state index contributed by atoms with van der Waals surface area (Å²) in [7, 11) is 0. The maximum absolute atomic E-state index is 5.73. The maximum Gasteiger partial charge on any atom is 0.140 e. The van der Waals surface area contributed by atoms with Crippen LogP contribution >= 0.6 is 70.6 Å². The zero-order valence-electron chi connectivity index (χ0n) is 14.4. The highest BCUT2D eigenvalue weighted by atomic mass is 32.2. The van der Waals surface area contributed by atoms with Crippen molar-refractivity contribution in [2.45, 2.75) is 58.9 Å². The molecule has 0 N–H and O–H groups in total. The molecule has 6 atom stereocenters. The van der Waals surface area contributed by atoms with Gasteiger partial charge in [0.05, 0.1) is 0 Å². The van der Waals surface area contributed by atoms with Crippen LogP contribution in [0.4, 0.5) is 0 Å². The molecule has 0 bridgehead atoms. The van der Waals surface area contributed by atoms with Gasteiger partial charge >= 0.3 is 0 Å². The minimum absolute atomic E-state index is 0.477. The highest BCUT2D eigenvalue weighted by Gasteiger charge is 2.41. The Labute approximate surface area is 172 Å². The van der Waals surface area contributed by atoms with Gasteiger partial charge in [-0.3, -0.25) is 0 Å². The Bertz CT molecular complexity index is 332. The minimum Gasteiger partial charge on any atom is -0.346 e. The van der Waals surface area contributed by atoms with E-state index in [-0.39, 0.29) is 0 Å². The molecule has 0 aromatic heterocycles. The topological polar surface area (TPSA) is 25.1 Å². The van der Waals surface area contributed by atoms with Crippen LogP contribution in [0.1, 0.15) is 26.7 Å². The maximum atomic E-state index is 5.73. The molecule has 2 nitrogen and oxygen atoms in total. The van der Waals surface area contributed by atoms with E-state index in [1.807, 2.05) is 47.0 Å². The van der Waals surface area contributed by atoms with Crippen LogP contribution in [0.3, 0.4) is 0 Å². The van der Waals surface area contributed by atoms with Gasteiger partial charge in [-0.2, -0.15) is 23.5 Å². The summed E-state index contributed by atoms with van der Waals surface area (Å²) < 4.78 is 11.5. The van der Waals surface area contributed by atoms with Crippen LogP contribution in [0.2, 0.25) is 0 Å². The Balaban J connectivity index is 1.19. The van der Waals surface area contributed by atoms with E-state index in [1.54, 1.807) is 0 Å². The van der Waals surface area contributed by atoms with Crippen molar-refractivity contribution in [3.63, 3.8) is 0 Å². The molecule has 0 saturated carbocycles. The lowest BCUT2D eigenvalue weighted by atomic mass is 10.5. The van der Waals surface area contributed by atoms with Crippen LogP contribution in [-0.4, -0.2) is 66.8 Å². The fourth-order valence-corrected chi connectivity index (χ4v) is 10.8. The molecule has 0 spiro atoms. The van der Waals surface area contributed by atoms with Crippen molar-refractivity contribution in [3.05, 3.63) is 0 Å². The molecule has 3 rings (SSSR count). The van der Waals surface area contributed by atoms with Crippen LogP contribution in [0.5, 0.6) is 0 Å². The molecule has 0 aromatic carbocycles. The number of hydrogen-bond donors (Lipinski definition) is 0. The molecule has 3 aliphatic rings. The number of epoxide rings is 2. The van der Waals surface area contributed by atoms with Gasteiger partial charge in [-0.25, -0.2) is 0 Å². The zero-order valence-corrected chi connectivity index (χ0v) is 19.3. The van der Waals surface area contributed by atoms with Crippen molar-refractivity contribution in [1.29, 1.82) is 0 Å². The van der Waals surface area contributed by atoms with Gasteiger partial charge in [-0.1, -0.05) is 13.8 Å². The summed E-state index contributed by atoms with van der Waals surface area (Å²) in [5, 5.41) is 1.62. The molecule has 6 unspecified atom stereocenters. The number of ether oxygens (including phenoxy) is 2. The van der Waals surface area contributed by atoms with Crippen LogP contribution < -0.4 is 0 Å². The quantitative estimate of drug-likeness (QED) is 0.373. The van der Waals surface area contributed by atoms with E-state index >= 15 is 0 Å². The van der Waals surface area contributed by atoms with E-state index in [9.17, 15) is 0 Å². The lowest BCUT2D eigenvalue weighted by Gasteiger charge is -2.27. The lowest BCUT2D eigenvalue weighted by Crippen LogP contribution is -2.25. The van der Waals surface area contributed by atoms with Crippen molar-refractivity contribution in [3.8, 4) is 0 Å². The molecule has 0 amide bonds. The molecule has 8 heteroatoms. The third kappa shape index (κ3) is 7.21. The average molecular weight is 445 g/mol. The molecular weight excluding hydrogens is 417 g/mol. The van der Waals surface area contributed by atoms with Crippen LogP contribution in [0.15, 0.2) is 0 Å². The van der Waals surface area contributed by atoms with E-state index in [4.69, 9.17) is 9.47 Å².